The summed E-state index contributed by atoms with van der Waals surface area (Å²) in [6, 6.07) is 8.24. The summed E-state index contributed by atoms with van der Waals surface area (Å²) in [4.78, 5) is 2.33. The summed E-state index contributed by atoms with van der Waals surface area (Å²) >= 11 is 0. The predicted octanol–water partition coefficient (Wildman–Crippen LogP) is 3.31. The average Bonchev–Trinajstić information content (AvgIpc) is 2.50. The van der Waals surface area contributed by atoms with Crippen LogP contribution in [-0.4, -0.2) is 36.8 Å². The largest absolute Gasteiger partial charge is 0.497 e. The molecule has 1 saturated carbocycles. The van der Waals surface area contributed by atoms with Crippen molar-refractivity contribution in [2.45, 2.75) is 45.3 Å². The quantitative estimate of drug-likeness (QED) is 0.873. The van der Waals surface area contributed by atoms with Gasteiger partial charge in [-0.2, -0.15) is 0 Å². The standard InChI is InChI=1S/C18H29NO2/c1-4-14-7-10-18(20)16(11-14)13-19(2)12-15-5-8-17(21-3)9-6-15/h5-6,8-9,14,16,18,20H,4,7,10-13H2,1-3H3. The van der Waals surface area contributed by atoms with E-state index in [9.17, 15) is 5.11 Å². The van der Waals surface area contributed by atoms with Gasteiger partial charge in [0, 0.05) is 13.1 Å². The van der Waals surface area contributed by atoms with E-state index in [1.54, 1.807) is 7.11 Å². The maximum absolute atomic E-state index is 10.2. The van der Waals surface area contributed by atoms with E-state index in [0.29, 0.717) is 5.92 Å². The molecule has 0 aliphatic heterocycles. The number of hydrogen-bond acceptors (Lipinski definition) is 3. The first-order valence-electron chi connectivity index (χ1n) is 8.12. The van der Waals surface area contributed by atoms with Gasteiger partial charge in [0.2, 0.25) is 0 Å². The molecule has 0 spiro atoms. The minimum absolute atomic E-state index is 0.119. The zero-order chi connectivity index (χ0) is 15.2. The fraction of sp³-hybridized carbons (Fsp3) is 0.667. The molecule has 3 unspecified atom stereocenters. The van der Waals surface area contributed by atoms with Gasteiger partial charge in [-0.15, -0.1) is 0 Å². The molecule has 3 nitrogen and oxygen atoms in total. The number of methoxy groups -OCH3 is 1. The number of aliphatic hydroxyl groups excluding tert-OH is 1. The minimum Gasteiger partial charge on any atom is -0.497 e. The van der Waals surface area contributed by atoms with Crippen molar-refractivity contribution in [3.8, 4) is 5.75 Å². The maximum Gasteiger partial charge on any atom is 0.118 e. The fourth-order valence-corrected chi connectivity index (χ4v) is 3.42. The second kappa shape index (κ2) is 7.81. The van der Waals surface area contributed by atoms with E-state index in [1.807, 2.05) is 12.1 Å². The summed E-state index contributed by atoms with van der Waals surface area (Å²) in [6.45, 7) is 4.16. The molecular weight excluding hydrogens is 262 g/mol. The second-order valence-corrected chi connectivity index (χ2v) is 6.46. The third kappa shape index (κ3) is 4.72. The first-order chi connectivity index (χ1) is 10.1. The molecule has 2 rings (SSSR count). The third-order valence-electron chi connectivity index (χ3n) is 4.79. The molecule has 3 heteroatoms. The SMILES string of the molecule is CCC1CCC(O)C(CN(C)Cc2ccc(OC)cc2)C1. The van der Waals surface area contributed by atoms with Gasteiger partial charge in [0.15, 0.2) is 0 Å². The molecule has 1 fully saturated rings. The highest BCUT2D eigenvalue weighted by Gasteiger charge is 2.28. The van der Waals surface area contributed by atoms with Crippen LogP contribution in [0.25, 0.3) is 0 Å². The number of ether oxygens (including phenoxy) is 1. The Morgan fingerprint density at radius 3 is 2.57 bits per heavy atom. The Balaban J connectivity index is 1.86. The van der Waals surface area contributed by atoms with E-state index < -0.39 is 0 Å². The van der Waals surface area contributed by atoms with Crippen LogP contribution in [0.5, 0.6) is 5.75 Å². The fourth-order valence-electron chi connectivity index (χ4n) is 3.42. The maximum atomic E-state index is 10.2. The van der Waals surface area contributed by atoms with Gasteiger partial charge in [-0.25, -0.2) is 0 Å². The molecular formula is C18H29NO2. The van der Waals surface area contributed by atoms with Gasteiger partial charge in [-0.3, -0.25) is 0 Å². The van der Waals surface area contributed by atoms with E-state index in [2.05, 4.69) is 31.0 Å². The summed E-state index contributed by atoms with van der Waals surface area (Å²) < 4.78 is 5.19. The smallest absolute Gasteiger partial charge is 0.118 e. The van der Waals surface area contributed by atoms with Gasteiger partial charge in [0.25, 0.3) is 0 Å². The van der Waals surface area contributed by atoms with Crippen molar-refractivity contribution >= 4 is 0 Å². The third-order valence-corrected chi connectivity index (χ3v) is 4.79. The van der Waals surface area contributed by atoms with Crippen molar-refractivity contribution < 1.29 is 9.84 Å². The highest BCUT2D eigenvalue weighted by molar-refractivity contribution is 5.27. The Kier molecular flexibility index (Phi) is 6.07. The molecule has 1 N–H and O–H groups in total. The highest BCUT2D eigenvalue weighted by Crippen LogP contribution is 2.31. The summed E-state index contributed by atoms with van der Waals surface area (Å²) in [5, 5.41) is 10.2. The van der Waals surface area contributed by atoms with Crippen molar-refractivity contribution in [3.63, 3.8) is 0 Å². The van der Waals surface area contributed by atoms with Crippen LogP contribution >= 0.6 is 0 Å². The van der Waals surface area contributed by atoms with Crippen LogP contribution < -0.4 is 4.74 Å². The average molecular weight is 291 g/mol. The van der Waals surface area contributed by atoms with E-state index in [4.69, 9.17) is 4.74 Å². The van der Waals surface area contributed by atoms with Gasteiger partial charge >= 0.3 is 0 Å². The first kappa shape index (κ1) is 16.3. The normalized spacial score (nSPS) is 26.0. The molecule has 1 aliphatic carbocycles. The summed E-state index contributed by atoms with van der Waals surface area (Å²) in [5.41, 5.74) is 1.29. The molecule has 3 atom stereocenters. The van der Waals surface area contributed by atoms with Crippen LogP contribution in [0.1, 0.15) is 38.2 Å². The molecule has 0 saturated heterocycles. The van der Waals surface area contributed by atoms with Crippen molar-refractivity contribution in [2.75, 3.05) is 20.7 Å². The van der Waals surface area contributed by atoms with Crippen LogP contribution in [0.3, 0.4) is 0 Å². The Bertz CT molecular complexity index is 418. The van der Waals surface area contributed by atoms with Crippen LogP contribution in [0, 0.1) is 11.8 Å². The summed E-state index contributed by atoms with van der Waals surface area (Å²) in [5.74, 6) is 2.12. The molecule has 118 valence electrons. The van der Waals surface area contributed by atoms with Gasteiger partial charge in [0.1, 0.15) is 5.75 Å². The summed E-state index contributed by atoms with van der Waals surface area (Å²) in [7, 11) is 3.84. The van der Waals surface area contributed by atoms with E-state index in [-0.39, 0.29) is 6.10 Å². The topological polar surface area (TPSA) is 32.7 Å². The molecule has 1 aliphatic rings. The van der Waals surface area contributed by atoms with Crippen molar-refractivity contribution in [2.24, 2.45) is 11.8 Å². The molecule has 0 aromatic heterocycles. The molecule has 0 radical (unpaired) electrons. The van der Waals surface area contributed by atoms with E-state index >= 15 is 0 Å². The van der Waals surface area contributed by atoms with E-state index in [1.165, 1.54) is 24.8 Å². The van der Waals surface area contributed by atoms with Crippen LogP contribution in [-0.2, 0) is 6.54 Å². The van der Waals surface area contributed by atoms with Gasteiger partial charge < -0.3 is 14.7 Å². The molecule has 1 aromatic carbocycles. The van der Waals surface area contributed by atoms with Gasteiger partial charge in [0.05, 0.1) is 13.2 Å². The number of hydrogen-bond donors (Lipinski definition) is 1. The monoisotopic (exact) mass is 291 g/mol. The molecule has 0 amide bonds. The van der Waals surface area contributed by atoms with Gasteiger partial charge in [-0.1, -0.05) is 25.5 Å². The van der Waals surface area contributed by atoms with Crippen molar-refractivity contribution in [1.29, 1.82) is 0 Å². The Morgan fingerprint density at radius 2 is 1.95 bits per heavy atom. The Labute approximate surface area is 128 Å². The Hall–Kier alpha value is -1.06. The van der Waals surface area contributed by atoms with Crippen molar-refractivity contribution in [1.82, 2.24) is 4.90 Å². The lowest BCUT2D eigenvalue weighted by molar-refractivity contribution is 0.0298. The highest BCUT2D eigenvalue weighted by atomic mass is 16.5. The van der Waals surface area contributed by atoms with Gasteiger partial charge in [-0.05, 0) is 55.8 Å². The van der Waals surface area contributed by atoms with Crippen LogP contribution in [0.15, 0.2) is 24.3 Å². The molecule has 21 heavy (non-hydrogen) atoms. The summed E-state index contributed by atoms with van der Waals surface area (Å²) in [6.07, 6.45) is 4.46. The number of benzene rings is 1. The predicted molar refractivity (Wildman–Crippen MR) is 86.5 cm³/mol. The lowest BCUT2D eigenvalue weighted by Gasteiger charge is -2.35. The van der Waals surface area contributed by atoms with Crippen LogP contribution in [0.2, 0.25) is 0 Å². The van der Waals surface area contributed by atoms with Crippen LogP contribution in [0.4, 0.5) is 0 Å². The van der Waals surface area contributed by atoms with E-state index in [0.717, 1.165) is 31.2 Å². The second-order valence-electron chi connectivity index (χ2n) is 6.46. The zero-order valence-corrected chi connectivity index (χ0v) is 13.6. The zero-order valence-electron chi connectivity index (χ0n) is 13.6. The number of aliphatic hydroxyl groups is 1. The molecule has 1 aromatic rings. The minimum atomic E-state index is -0.119. The first-order valence-corrected chi connectivity index (χ1v) is 8.12. The number of nitrogens with zero attached hydrogens (tertiary/aromatic N) is 1. The number of rotatable bonds is 6. The lowest BCUT2D eigenvalue weighted by atomic mass is 9.78. The molecule has 0 heterocycles. The lowest BCUT2D eigenvalue weighted by Crippen LogP contribution is -2.37. The molecule has 0 bridgehead atoms. The Morgan fingerprint density at radius 1 is 1.24 bits per heavy atom. The van der Waals surface area contributed by atoms with Crippen molar-refractivity contribution in [3.05, 3.63) is 29.8 Å².